The standard InChI is InChI=1S/C15H16BrN5S/c1-10(22-13-5-3-12(16)4-6-13)9-17-14-7-8-15-19-18-11(2)21(15)20-14/h3-8,10H,9H2,1-2H3,(H,17,20). The predicted octanol–water partition coefficient (Wildman–Crippen LogP) is 3.79. The predicted molar refractivity (Wildman–Crippen MR) is 93.5 cm³/mol. The van der Waals surface area contributed by atoms with E-state index in [1.54, 1.807) is 4.52 Å². The molecule has 0 radical (unpaired) electrons. The molecular formula is C15H16BrN5S. The molecule has 1 N–H and O–H groups in total. The van der Waals surface area contributed by atoms with E-state index in [1.807, 2.05) is 30.8 Å². The van der Waals surface area contributed by atoms with Crippen molar-refractivity contribution >= 4 is 39.2 Å². The number of nitrogens with zero attached hydrogens (tertiary/aromatic N) is 4. The fourth-order valence-corrected chi connectivity index (χ4v) is 3.21. The molecule has 0 aliphatic heterocycles. The second-order valence-electron chi connectivity index (χ2n) is 5.00. The van der Waals surface area contributed by atoms with Crippen LogP contribution in [0.25, 0.3) is 5.65 Å². The number of rotatable bonds is 5. The number of benzene rings is 1. The van der Waals surface area contributed by atoms with Crippen LogP contribution in [0.1, 0.15) is 12.7 Å². The molecule has 0 aliphatic rings. The summed E-state index contributed by atoms with van der Waals surface area (Å²) in [6, 6.07) is 12.2. The first kappa shape index (κ1) is 15.3. The minimum atomic E-state index is 0.431. The van der Waals surface area contributed by atoms with Gasteiger partial charge in [0.1, 0.15) is 5.82 Å². The molecule has 0 aliphatic carbocycles. The maximum absolute atomic E-state index is 4.49. The average molecular weight is 378 g/mol. The summed E-state index contributed by atoms with van der Waals surface area (Å²) in [5, 5.41) is 16.3. The van der Waals surface area contributed by atoms with Crippen LogP contribution in [-0.2, 0) is 0 Å². The van der Waals surface area contributed by atoms with E-state index >= 15 is 0 Å². The fraction of sp³-hybridized carbons (Fsp3) is 0.267. The van der Waals surface area contributed by atoms with Gasteiger partial charge < -0.3 is 5.32 Å². The van der Waals surface area contributed by atoms with Crippen molar-refractivity contribution in [1.82, 2.24) is 19.8 Å². The second kappa shape index (κ2) is 6.66. The van der Waals surface area contributed by atoms with Crippen LogP contribution in [0.2, 0.25) is 0 Å². The topological polar surface area (TPSA) is 55.1 Å². The van der Waals surface area contributed by atoms with Gasteiger partial charge in [-0.1, -0.05) is 22.9 Å². The normalized spacial score (nSPS) is 12.5. The Morgan fingerprint density at radius 3 is 2.73 bits per heavy atom. The van der Waals surface area contributed by atoms with E-state index < -0.39 is 0 Å². The average Bonchev–Trinajstić information content (AvgIpc) is 2.89. The zero-order valence-corrected chi connectivity index (χ0v) is 14.7. The van der Waals surface area contributed by atoms with E-state index in [-0.39, 0.29) is 0 Å². The highest BCUT2D eigenvalue weighted by Gasteiger charge is 2.07. The van der Waals surface area contributed by atoms with Gasteiger partial charge in [-0.3, -0.25) is 0 Å². The lowest BCUT2D eigenvalue weighted by Gasteiger charge is -2.13. The van der Waals surface area contributed by atoms with E-state index in [4.69, 9.17) is 0 Å². The van der Waals surface area contributed by atoms with Gasteiger partial charge in [-0.15, -0.1) is 27.1 Å². The van der Waals surface area contributed by atoms with Crippen LogP contribution in [0, 0.1) is 6.92 Å². The summed E-state index contributed by atoms with van der Waals surface area (Å²) in [7, 11) is 0. The van der Waals surface area contributed by atoms with Crippen molar-refractivity contribution in [3.63, 3.8) is 0 Å². The highest BCUT2D eigenvalue weighted by atomic mass is 79.9. The zero-order valence-electron chi connectivity index (χ0n) is 12.3. The van der Waals surface area contributed by atoms with Gasteiger partial charge in [0.15, 0.2) is 11.5 Å². The largest absolute Gasteiger partial charge is 0.368 e. The summed E-state index contributed by atoms with van der Waals surface area (Å²) in [6.45, 7) is 4.92. The molecule has 0 saturated heterocycles. The number of nitrogens with one attached hydrogen (secondary N) is 1. The molecule has 1 aromatic carbocycles. The van der Waals surface area contributed by atoms with Crippen LogP contribution >= 0.6 is 27.7 Å². The van der Waals surface area contributed by atoms with E-state index in [1.165, 1.54) is 4.90 Å². The molecule has 0 spiro atoms. The molecule has 2 aromatic heterocycles. The van der Waals surface area contributed by atoms with Gasteiger partial charge in [0.25, 0.3) is 0 Å². The SMILES string of the molecule is Cc1nnc2ccc(NCC(C)Sc3ccc(Br)cc3)nn12. The molecule has 1 atom stereocenters. The van der Waals surface area contributed by atoms with Crippen molar-refractivity contribution < 1.29 is 0 Å². The summed E-state index contributed by atoms with van der Waals surface area (Å²) >= 11 is 5.29. The lowest BCUT2D eigenvalue weighted by atomic mass is 10.4. The number of anilines is 1. The van der Waals surface area contributed by atoms with Crippen LogP contribution < -0.4 is 5.32 Å². The van der Waals surface area contributed by atoms with E-state index in [0.717, 1.165) is 28.3 Å². The van der Waals surface area contributed by atoms with E-state index in [0.29, 0.717) is 5.25 Å². The maximum atomic E-state index is 4.49. The Bertz CT molecular complexity index is 771. The van der Waals surface area contributed by atoms with Gasteiger partial charge in [0.05, 0.1) is 0 Å². The summed E-state index contributed by atoms with van der Waals surface area (Å²) in [4.78, 5) is 1.26. The molecule has 0 amide bonds. The maximum Gasteiger partial charge on any atom is 0.178 e. The van der Waals surface area contributed by atoms with Gasteiger partial charge in [-0.25, -0.2) is 0 Å². The number of aromatic nitrogens is 4. The van der Waals surface area contributed by atoms with Crippen molar-refractivity contribution in [1.29, 1.82) is 0 Å². The molecule has 0 saturated carbocycles. The molecule has 1 unspecified atom stereocenters. The van der Waals surface area contributed by atoms with Crippen LogP contribution in [0.3, 0.4) is 0 Å². The van der Waals surface area contributed by atoms with Gasteiger partial charge in [0, 0.05) is 21.2 Å². The quantitative estimate of drug-likeness (QED) is 0.685. The number of hydrogen-bond acceptors (Lipinski definition) is 5. The zero-order chi connectivity index (χ0) is 15.5. The van der Waals surface area contributed by atoms with Gasteiger partial charge >= 0.3 is 0 Å². The third-order valence-corrected chi connectivity index (χ3v) is 4.78. The first-order valence-corrected chi connectivity index (χ1v) is 8.64. The van der Waals surface area contributed by atoms with Crippen LogP contribution in [0.15, 0.2) is 45.8 Å². The van der Waals surface area contributed by atoms with Gasteiger partial charge in [-0.2, -0.15) is 4.52 Å². The third-order valence-electron chi connectivity index (χ3n) is 3.14. The lowest BCUT2D eigenvalue weighted by molar-refractivity contribution is 0.866. The molecule has 7 heteroatoms. The van der Waals surface area contributed by atoms with Crippen molar-refractivity contribution in [2.24, 2.45) is 0 Å². The molecule has 3 aromatic rings. The fourth-order valence-electron chi connectivity index (χ4n) is 2.03. The summed E-state index contributed by atoms with van der Waals surface area (Å²) in [5.41, 5.74) is 0.764. The molecular weight excluding hydrogens is 362 g/mol. The molecule has 5 nitrogen and oxygen atoms in total. The molecule has 2 heterocycles. The Morgan fingerprint density at radius 2 is 1.95 bits per heavy atom. The monoisotopic (exact) mass is 377 g/mol. The highest BCUT2D eigenvalue weighted by molar-refractivity contribution is 9.10. The molecule has 0 fully saturated rings. The minimum absolute atomic E-state index is 0.431. The first-order valence-electron chi connectivity index (χ1n) is 6.97. The Balaban J connectivity index is 1.60. The third kappa shape index (κ3) is 3.59. The molecule has 22 heavy (non-hydrogen) atoms. The van der Waals surface area contributed by atoms with Crippen LogP contribution in [0.5, 0.6) is 0 Å². The van der Waals surface area contributed by atoms with Gasteiger partial charge in [-0.05, 0) is 43.3 Å². The van der Waals surface area contributed by atoms with Crippen molar-refractivity contribution in [3.8, 4) is 0 Å². The Kier molecular flexibility index (Phi) is 4.63. The summed E-state index contributed by atoms with van der Waals surface area (Å²) in [5.74, 6) is 1.62. The highest BCUT2D eigenvalue weighted by Crippen LogP contribution is 2.24. The van der Waals surface area contributed by atoms with E-state index in [9.17, 15) is 0 Å². The minimum Gasteiger partial charge on any atom is -0.368 e. The number of aryl methyl sites for hydroxylation is 1. The van der Waals surface area contributed by atoms with E-state index in [2.05, 4.69) is 67.7 Å². The molecule has 0 bridgehead atoms. The van der Waals surface area contributed by atoms with Crippen LogP contribution in [-0.4, -0.2) is 31.6 Å². The lowest BCUT2D eigenvalue weighted by Crippen LogP contribution is -2.14. The van der Waals surface area contributed by atoms with Crippen molar-refractivity contribution in [3.05, 3.63) is 46.7 Å². The smallest absolute Gasteiger partial charge is 0.178 e. The summed E-state index contributed by atoms with van der Waals surface area (Å²) < 4.78 is 2.85. The van der Waals surface area contributed by atoms with Gasteiger partial charge in [0.2, 0.25) is 0 Å². The number of hydrogen-bond donors (Lipinski definition) is 1. The van der Waals surface area contributed by atoms with Crippen molar-refractivity contribution in [2.45, 2.75) is 24.0 Å². The first-order chi connectivity index (χ1) is 10.6. The second-order valence-corrected chi connectivity index (χ2v) is 7.43. The Morgan fingerprint density at radius 1 is 1.18 bits per heavy atom. The number of fused-ring (bicyclic) bond motifs is 1. The summed E-state index contributed by atoms with van der Waals surface area (Å²) in [6.07, 6.45) is 0. The molecule has 114 valence electrons. The molecule has 3 rings (SSSR count). The van der Waals surface area contributed by atoms with Crippen molar-refractivity contribution in [2.75, 3.05) is 11.9 Å². The Labute approximate surface area is 141 Å². The Hall–Kier alpha value is -1.60. The van der Waals surface area contributed by atoms with Crippen LogP contribution in [0.4, 0.5) is 5.82 Å². The number of halogens is 1. The number of thioether (sulfide) groups is 1.